The summed E-state index contributed by atoms with van der Waals surface area (Å²) < 4.78 is 26.0. The van der Waals surface area contributed by atoms with Gasteiger partial charge in [0.25, 0.3) is 0 Å². The lowest BCUT2D eigenvalue weighted by Crippen LogP contribution is -2.50. The van der Waals surface area contributed by atoms with Gasteiger partial charge in [0.15, 0.2) is 0 Å². The van der Waals surface area contributed by atoms with Gasteiger partial charge >= 0.3 is 11.9 Å². The zero-order valence-electron chi connectivity index (χ0n) is 20.7. The van der Waals surface area contributed by atoms with Crippen molar-refractivity contribution in [1.82, 2.24) is 0 Å². The normalized spacial score (nSPS) is 11.4. The number of rotatable bonds is 12. The second-order valence-corrected chi connectivity index (χ2v) is 10.3. The first-order chi connectivity index (χ1) is 16.1. The van der Waals surface area contributed by atoms with Crippen molar-refractivity contribution in [2.75, 3.05) is 26.2 Å². The number of benzene rings is 2. The molecule has 0 aliphatic heterocycles. The van der Waals surface area contributed by atoms with Crippen LogP contribution in [-0.2, 0) is 9.84 Å². The molecule has 0 saturated carbocycles. The van der Waals surface area contributed by atoms with E-state index in [1.165, 1.54) is 105 Å². The first kappa shape index (κ1) is 29.3. The van der Waals surface area contributed by atoms with E-state index < -0.39 is 21.8 Å². The number of hydrogen-bond donors (Lipinski definition) is 2. The third kappa shape index (κ3) is 8.25. The molecule has 188 valence electrons. The van der Waals surface area contributed by atoms with Crippen LogP contribution in [0.3, 0.4) is 0 Å². The molecule has 34 heavy (non-hydrogen) atoms. The highest BCUT2D eigenvalue weighted by atomic mass is 32.2. The minimum Gasteiger partial charge on any atom is -0.478 e. The summed E-state index contributed by atoms with van der Waals surface area (Å²) >= 11 is 0. The Morgan fingerprint density at radius 3 is 1.09 bits per heavy atom. The number of aromatic carboxylic acids is 2. The van der Waals surface area contributed by atoms with Gasteiger partial charge in [-0.05, 0) is 74.2 Å². The van der Waals surface area contributed by atoms with Gasteiger partial charge in [0.05, 0.1) is 47.1 Å². The van der Waals surface area contributed by atoms with Gasteiger partial charge in [-0.2, -0.15) is 0 Å². The molecule has 2 aromatic rings. The topological polar surface area (TPSA) is 109 Å². The van der Waals surface area contributed by atoms with Crippen molar-refractivity contribution >= 4 is 21.8 Å². The number of hydrogen-bond acceptors (Lipinski definition) is 4. The van der Waals surface area contributed by atoms with E-state index in [-0.39, 0.29) is 20.9 Å². The molecule has 0 spiro atoms. The van der Waals surface area contributed by atoms with E-state index in [1.54, 1.807) is 0 Å². The van der Waals surface area contributed by atoms with E-state index in [1.807, 2.05) is 0 Å². The average Bonchev–Trinajstić information content (AvgIpc) is 2.80. The number of carboxylic acids is 2. The summed E-state index contributed by atoms with van der Waals surface area (Å²) in [5.41, 5.74) is -0.0367. The Morgan fingerprint density at radius 2 is 0.882 bits per heavy atom. The molecule has 0 saturated heterocycles. The Kier molecular flexibility index (Phi) is 12.0. The van der Waals surface area contributed by atoms with Crippen LogP contribution >= 0.6 is 0 Å². The van der Waals surface area contributed by atoms with Gasteiger partial charge in [0, 0.05) is 0 Å². The van der Waals surface area contributed by atoms with Gasteiger partial charge in [-0.15, -0.1) is 0 Å². The molecule has 8 heteroatoms. The van der Waals surface area contributed by atoms with Gasteiger partial charge in [-0.3, -0.25) is 0 Å². The van der Waals surface area contributed by atoms with Gasteiger partial charge in [-0.1, -0.05) is 27.7 Å². The molecule has 0 amide bonds. The minimum atomic E-state index is -3.81. The lowest BCUT2D eigenvalue weighted by molar-refractivity contribution is -0.928. The van der Waals surface area contributed by atoms with Crippen molar-refractivity contribution < 1.29 is 32.7 Å². The van der Waals surface area contributed by atoms with E-state index >= 15 is 0 Å². The van der Waals surface area contributed by atoms with Crippen molar-refractivity contribution in [1.29, 1.82) is 0 Å². The fourth-order valence-corrected chi connectivity index (χ4v) is 5.52. The van der Waals surface area contributed by atoms with E-state index in [0.717, 1.165) is 0 Å². The van der Waals surface area contributed by atoms with Crippen LogP contribution in [0.5, 0.6) is 0 Å². The van der Waals surface area contributed by atoms with Crippen molar-refractivity contribution in [2.45, 2.75) is 63.2 Å². The molecule has 2 rings (SSSR count). The minimum absolute atomic E-state index is 0.0184. The molecule has 7 nitrogen and oxygen atoms in total. The summed E-state index contributed by atoms with van der Waals surface area (Å²) in [6.45, 7) is 14.8. The first-order valence-electron chi connectivity index (χ1n) is 11.8. The Balaban J connectivity index is 0.000000385. The zero-order chi connectivity index (χ0) is 25.8. The standard InChI is InChI=1S/C14H10O6S.C12H28N/c15-13(16)9-1-5-11(6-2-9)21(19,20)12-7-3-10(4-8-12)14(17)18;1-5-9-13(10-6-2,11-7-3)12-8-4/h1-8H,(H,15,16)(H,17,18);5-12H2,1-4H3/q;+1. The summed E-state index contributed by atoms with van der Waals surface area (Å²) in [4.78, 5) is 21.3. The monoisotopic (exact) mass is 492 g/mol. The molecule has 0 aromatic heterocycles. The van der Waals surface area contributed by atoms with E-state index in [9.17, 15) is 18.0 Å². The Bertz CT molecular complexity index is 921. The fourth-order valence-electron chi connectivity index (χ4n) is 4.26. The lowest BCUT2D eigenvalue weighted by Gasteiger charge is -2.38. The van der Waals surface area contributed by atoms with Crippen LogP contribution in [0.1, 0.15) is 74.1 Å². The van der Waals surface area contributed by atoms with E-state index in [4.69, 9.17) is 10.2 Å². The van der Waals surface area contributed by atoms with E-state index in [0.29, 0.717) is 0 Å². The van der Waals surface area contributed by atoms with Crippen LogP contribution in [0.25, 0.3) is 0 Å². The van der Waals surface area contributed by atoms with Crippen molar-refractivity contribution in [2.24, 2.45) is 0 Å². The molecule has 0 aliphatic rings. The second-order valence-electron chi connectivity index (χ2n) is 8.40. The van der Waals surface area contributed by atoms with Crippen LogP contribution < -0.4 is 0 Å². The number of sulfone groups is 1. The smallest absolute Gasteiger partial charge is 0.335 e. The quantitative estimate of drug-likeness (QED) is 0.386. The summed E-state index contributed by atoms with van der Waals surface area (Å²) in [5, 5.41) is 17.5. The molecule has 0 unspecified atom stereocenters. The number of carboxylic acid groups (broad SMARTS) is 2. The molecule has 0 atom stereocenters. The predicted molar refractivity (Wildman–Crippen MR) is 133 cm³/mol. The van der Waals surface area contributed by atoms with E-state index in [2.05, 4.69) is 27.7 Å². The fraction of sp³-hybridized carbons (Fsp3) is 0.462. The first-order valence-corrected chi connectivity index (χ1v) is 13.3. The maximum absolute atomic E-state index is 12.3. The van der Waals surface area contributed by atoms with Crippen molar-refractivity contribution in [3.63, 3.8) is 0 Å². The highest BCUT2D eigenvalue weighted by Crippen LogP contribution is 2.21. The zero-order valence-corrected chi connectivity index (χ0v) is 21.5. The summed E-state index contributed by atoms with van der Waals surface area (Å²) in [5.74, 6) is -2.30. The van der Waals surface area contributed by atoms with Crippen molar-refractivity contribution in [3.8, 4) is 0 Å². The van der Waals surface area contributed by atoms with Gasteiger partial charge < -0.3 is 14.7 Å². The molecule has 0 bridgehead atoms. The average molecular weight is 493 g/mol. The van der Waals surface area contributed by atoms with Gasteiger partial charge in [0.1, 0.15) is 0 Å². The molecule has 0 heterocycles. The molecule has 2 aromatic carbocycles. The third-order valence-electron chi connectivity index (χ3n) is 5.61. The highest BCUT2D eigenvalue weighted by molar-refractivity contribution is 7.91. The van der Waals surface area contributed by atoms with Crippen LogP contribution in [0.15, 0.2) is 58.3 Å². The highest BCUT2D eigenvalue weighted by Gasteiger charge is 2.23. The van der Waals surface area contributed by atoms with Crippen LogP contribution in [0.4, 0.5) is 0 Å². The Morgan fingerprint density at radius 1 is 0.618 bits per heavy atom. The maximum atomic E-state index is 12.3. The Hall–Kier alpha value is -2.71. The van der Waals surface area contributed by atoms with Crippen LogP contribution in [0.2, 0.25) is 0 Å². The predicted octanol–water partition coefficient (Wildman–Crippen LogP) is 5.36. The molecule has 0 radical (unpaired) electrons. The molecule has 0 fully saturated rings. The summed E-state index contributed by atoms with van der Waals surface area (Å²) in [6.07, 6.45) is 5.33. The number of quaternary nitrogens is 1. The SMILES string of the molecule is CCC[N+](CCC)(CCC)CCC.O=C(O)c1ccc(S(=O)(=O)c2ccc(C(=O)O)cc2)cc1. The number of nitrogens with zero attached hydrogens (tertiary/aromatic N) is 1. The summed E-state index contributed by atoms with van der Waals surface area (Å²) in [7, 11) is -3.81. The number of carbonyl (C=O) groups is 2. The maximum Gasteiger partial charge on any atom is 0.335 e. The van der Waals surface area contributed by atoms with Gasteiger partial charge in [-0.25, -0.2) is 18.0 Å². The summed E-state index contributed by atoms with van der Waals surface area (Å²) in [6, 6.07) is 9.57. The molecular weight excluding hydrogens is 454 g/mol. The van der Waals surface area contributed by atoms with Crippen molar-refractivity contribution in [3.05, 3.63) is 59.7 Å². The lowest BCUT2D eigenvalue weighted by atomic mass is 10.2. The third-order valence-corrected chi connectivity index (χ3v) is 7.40. The molecule has 2 N–H and O–H groups in total. The second kappa shape index (κ2) is 13.9. The largest absolute Gasteiger partial charge is 0.478 e. The molecular formula is C26H38NO6S+. The van der Waals surface area contributed by atoms with Crippen LogP contribution in [0, 0.1) is 0 Å². The molecule has 0 aliphatic carbocycles. The van der Waals surface area contributed by atoms with Crippen LogP contribution in [-0.4, -0.2) is 61.2 Å². The Labute approximate surface area is 203 Å². The van der Waals surface area contributed by atoms with Gasteiger partial charge in [0.2, 0.25) is 9.84 Å².